The highest BCUT2D eigenvalue weighted by Gasteiger charge is 2.32. The number of carboxylic acid groups (broad SMARTS) is 1. The number of aromatic nitrogens is 3. The zero-order valence-corrected chi connectivity index (χ0v) is 13.5. The molecule has 0 bridgehead atoms. The van der Waals surface area contributed by atoms with Crippen LogP contribution in [0.2, 0.25) is 0 Å². The monoisotopic (exact) mass is 330 g/mol. The van der Waals surface area contributed by atoms with Crippen LogP contribution >= 0.6 is 0 Å². The number of rotatable bonds is 5. The molecule has 0 spiro atoms. The number of hydrogen-bond donors (Lipinski definition) is 1. The van der Waals surface area contributed by atoms with E-state index in [0.29, 0.717) is 23.6 Å². The van der Waals surface area contributed by atoms with Gasteiger partial charge in [-0.1, -0.05) is 0 Å². The van der Waals surface area contributed by atoms with Gasteiger partial charge < -0.3 is 29.2 Å². The van der Waals surface area contributed by atoms with E-state index < -0.39 is 5.97 Å². The van der Waals surface area contributed by atoms with E-state index in [1.165, 1.54) is 14.2 Å². The van der Waals surface area contributed by atoms with E-state index in [-0.39, 0.29) is 25.0 Å². The number of morpholine rings is 1. The van der Waals surface area contributed by atoms with E-state index in [2.05, 4.69) is 22.0 Å². The third kappa shape index (κ3) is 5.93. The Morgan fingerprint density at radius 1 is 1.22 bits per heavy atom. The van der Waals surface area contributed by atoms with Crippen molar-refractivity contribution in [2.45, 2.75) is 6.42 Å². The van der Waals surface area contributed by atoms with Gasteiger partial charge in [0.05, 0.1) is 34.5 Å². The van der Waals surface area contributed by atoms with Crippen molar-refractivity contribution in [1.29, 1.82) is 0 Å². The number of aliphatic hydroxyl groups is 1. The molecule has 2 heterocycles. The lowest BCUT2D eigenvalue weighted by Gasteiger charge is -2.34. The maximum Gasteiger partial charge on any atom is 0.338 e. The molecule has 1 aromatic heterocycles. The summed E-state index contributed by atoms with van der Waals surface area (Å²) in [5.41, 5.74) is 0. The molecule has 1 aromatic rings. The number of carbonyl (C=O) groups excluding carboxylic acids is 1. The van der Waals surface area contributed by atoms with Gasteiger partial charge in [0, 0.05) is 19.0 Å². The molecule has 1 aliphatic rings. The zero-order valence-electron chi connectivity index (χ0n) is 13.5. The summed E-state index contributed by atoms with van der Waals surface area (Å²) in [6, 6.07) is 0.551. The Bertz CT molecular complexity index is 485. The molecule has 130 valence electrons. The highest BCUT2D eigenvalue weighted by atomic mass is 16.5. The quantitative estimate of drug-likeness (QED) is 0.608. The summed E-state index contributed by atoms with van der Waals surface area (Å²) >= 11 is 0. The maximum absolute atomic E-state index is 9.33. The second kappa shape index (κ2) is 9.18. The molecular weight excluding hydrogens is 308 g/mol. The fraction of sp³-hybridized carbons (Fsp3) is 0.692. The third-order valence-electron chi connectivity index (χ3n) is 3.20. The topological polar surface area (TPSA) is 127 Å². The first-order valence-electron chi connectivity index (χ1n) is 7.03. The highest BCUT2D eigenvalue weighted by molar-refractivity contribution is 5.64. The molecule has 1 N–H and O–H groups in total. The number of nitrogens with zero attached hydrogens (tertiary/aromatic N) is 4. The number of quaternary nitrogens is 1. The average Bonchev–Trinajstić information content (AvgIpc) is 2.55. The smallest absolute Gasteiger partial charge is 0.338 e. The molecule has 0 atom stereocenters. The van der Waals surface area contributed by atoms with Gasteiger partial charge in [0.25, 0.3) is 0 Å². The van der Waals surface area contributed by atoms with Crippen molar-refractivity contribution in [2.24, 2.45) is 0 Å². The SMILES string of the molecule is COc1nc(OC)nc([N+]2(C)CCOCC2)n1.O=C([O-])CCO. The van der Waals surface area contributed by atoms with Gasteiger partial charge >= 0.3 is 18.0 Å². The number of aliphatic carboxylic acids is 1. The Labute approximate surface area is 134 Å². The Morgan fingerprint density at radius 3 is 2.09 bits per heavy atom. The number of likely N-dealkylation sites (N-methyl/N-ethyl adjacent to an activating group) is 1. The van der Waals surface area contributed by atoms with Crippen molar-refractivity contribution in [1.82, 2.24) is 19.4 Å². The first-order valence-corrected chi connectivity index (χ1v) is 7.03. The minimum atomic E-state index is -1.21. The molecular formula is C13H22N4O6. The van der Waals surface area contributed by atoms with E-state index in [1.807, 2.05) is 0 Å². The molecule has 10 heteroatoms. The summed E-state index contributed by atoms with van der Waals surface area (Å²) in [5.74, 6) is -0.561. The number of carbonyl (C=O) groups is 1. The number of methoxy groups -OCH3 is 2. The molecule has 0 aromatic carbocycles. The summed E-state index contributed by atoms with van der Waals surface area (Å²) in [5, 5.41) is 17.1. The van der Waals surface area contributed by atoms with Gasteiger partial charge in [-0.3, -0.25) is 4.48 Å². The molecule has 1 saturated heterocycles. The molecule has 10 nitrogen and oxygen atoms in total. The standard InChI is InChI=1S/C10H17N4O3.C3H6O3/c1-14(4-6-17-7-5-14)8-11-9(15-2)13-10(12-8)16-3;4-2-1-3(5)6/h4-7H2,1-3H3;4H,1-2H2,(H,5,6)/q+1;/p-1. The van der Waals surface area contributed by atoms with Gasteiger partial charge in [-0.05, 0) is 0 Å². The van der Waals surface area contributed by atoms with Crippen LogP contribution in [0, 0.1) is 0 Å². The number of carboxylic acids is 1. The second-order valence-electron chi connectivity index (χ2n) is 4.91. The largest absolute Gasteiger partial charge is 0.550 e. The van der Waals surface area contributed by atoms with E-state index in [4.69, 9.17) is 19.3 Å². The van der Waals surface area contributed by atoms with Gasteiger partial charge in [-0.15, -0.1) is 15.0 Å². The lowest BCUT2D eigenvalue weighted by Crippen LogP contribution is -2.54. The first kappa shape index (κ1) is 19.0. The van der Waals surface area contributed by atoms with Gasteiger partial charge in [-0.25, -0.2) is 0 Å². The van der Waals surface area contributed by atoms with Crippen LogP contribution < -0.4 is 19.1 Å². The molecule has 0 amide bonds. The fourth-order valence-electron chi connectivity index (χ4n) is 1.79. The molecule has 0 radical (unpaired) electrons. The Kier molecular flexibility index (Phi) is 7.59. The van der Waals surface area contributed by atoms with Crippen LogP contribution in [0.25, 0.3) is 0 Å². The van der Waals surface area contributed by atoms with Crippen molar-refractivity contribution >= 4 is 11.9 Å². The van der Waals surface area contributed by atoms with Gasteiger partial charge in [0.1, 0.15) is 13.1 Å². The normalized spacial score (nSPS) is 16.0. The summed E-state index contributed by atoms with van der Waals surface area (Å²) in [7, 11) is 5.12. The van der Waals surface area contributed by atoms with Crippen molar-refractivity contribution in [3.8, 4) is 12.0 Å². The van der Waals surface area contributed by atoms with E-state index in [0.717, 1.165) is 13.1 Å². The third-order valence-corrected chi connectivity index (χ3v) is 3.20. The van der Waals surface area contributed by atoms with Gasteiger partial charge in [-0.2, -0.15) is 0 Å². The summed E-state index contributed by atoms with van der Waals surface area (Å²) < 4.78 is 16.1. The lowest BCUT2D eigenvalue weighted by molar-refractivity contribution is -0.306. The van der Waals surface area contributed by atoms with Crippen LogP contribution in [0.4, 0.5) is 5.95 Å². The van der Waals surface area contributed by atoms with Crippen LogP contribution in [0.5, 0.6) is 12.0 Å². The summed E-state index contributed by atoms with van der Waals surface area (Å²) in [6.45, 7) is 2.73. The number of aliphatic hydroxyl groups excluding tert-OH is 1. The summed E-state index contributed by atoms with van der Waals surface area (Å²) in [6.07, 6.45) is -0.264. The van der Waals surface area contributed by atoms with Crippen LogP contribution in [-0.2, 0) is 9.53 Å². The first-order chi connectivity index (χ1) is 10.9. The maximum atomic E-state index is 9.33. The van der Waals surface area contributed by atoms with Crippen molar-refractivity contribution in [3.63, 3.8) is 0 Å². The summed E-state index contributed by atoms with van der Waals surface area (Å²) in [4.78, 5) is 21.9. The van der Waals surface area contributed by atoms with Crippen molar-refractivity contribution < 1.29 is 29.2 Å². The van der Waals surface area contributed by atoms with Crippen LogP contribution in [0.3, 0.4) is 0 Å². The molecule has 1 aliphatic heterocycles. The Morgan fingerprint density at radius 2 is 1.74 bits per heavy atom. The highest BCUT2D eigenvalue weighted by Crippen LogP contribution is 2.22. The van der Waals surface area contributed by atoms with Crippen LogP contribution in [0.15, 0.2) is 0 Å². The molecule has 0 saturated carbocycles. The van der Waals surface area contributed by atoms with Gasteiger partial charge in [0.2, 0.25) is 0 Å². The molecule has 0 aliphatic carbocycles. The predicted molar refractivity (Wildman–Crippen MR) is 77.9 cm³/mol. The minimum absolute atomic E-state index is 0.264. The van der Waals surface area contributed by atoms with Crippen molar-refractivity contribution in [2.75, 3.05) is 54.2 Å². The van der Waals surface area contributed by atoms with E-state index in [1.54, 1.807) is 0 Å². The minimum Gasteiger partial charge on any atom is -0.550 e. The second-order valence-corrected chi connectivity index (χ2v) is 4.91. The number of hydrogen-bond acceptors (Lipinski definition) is 9. The predicted octanol–water partition coefficient (Wildman–Crippen LogP) is -2.03. The molecule has 2 rings (SSSR count). The molecule has 23 heavy (non-hydrogen) atoms. The lowest BCUT2D eigenvalue weighted by atomic mass is 10.4. The van der Waals surface area contributed by atoms with Crippen LogP contribution in [-0.4, -0.2) is 80.2 Å². The molecule has 0 unspecified atom stereocenters. The zero-order chi connectivity index (χ0) is 17.3. The van der Waals surface area contributed by atoms with E-state index in [9.17, 15) is 9.90 Å². The average molecular weight is 330 g/mol. The molecule has 1 fully saturated rings. The number of ether oxygens (including phenoxy) is 3. The van der Waals surface area contributed by atoms with E-state index >= 15 is 0 Å². The van der Waals surface area contributed by atoms with Crippen molar-refractivity contribution in [3.05, 3.63) is 0 Å². The van der Waals surface area contributed by atoms with Gasteiger partial charge in [0.15, 0.2) is 0 Å². The van der Waals surface area contributed by atoms with Crippen LogP contribution in [0.1, 0.15) is 6.42 Å². The Balaban J connectivity index is 0.000000379. The Hall–Kier alpha value is -2.04. The fourth-order valence-corrected chi connectivity index (χ4v) is 1.79.